The van der Waals surface area contributed by atoms with Crippen LogP contribution in [0.1, 0.15) is 0 Å². The van der Waals surface area contributed by atoms with E-state index in [9.17, 15) is 0 Å². The summed E-state index contributed by atoms with van der Waals surface area (Å²) < 4.78 is 22.4. The molecule has 0 unspecified atom stereocenters. The predicted octanol–water partition coefficient (Wildman–Crippen LogP) is 4.03. The minimum atomic E-state index is 0.748. The molecule has 114 valence electrons. The van der Waals surface area contributed by atoms with Crippen LogP contribution in [0.2, 0.25) is 0 Å². The Balaban J connectivity index is 2.63. The first kappa shape index (κ1) is 14.3. The lowest BCUT2D eigenvalue weighted by Crippen LogP contribution is -1.96. The van der Waals surface area contributed by atoms with Gasteiger partial charge in [0.2, 0.25) is 0 Å². The number of methoxy groups -OCH3 is 4. The minimum Gasteiger partial charge on any atom is -0.496 e. The standard InChI is InChI=1S/C18H18O4/c1-19-13-9-5-7-11-15(13)17(21-3)12-8-6-10-14(20-2)16(12)18(11)22-4/h5-10H,1-4H3. The molecule has 0 aliphatic rings. The monoisotopic (exact) mass is 298 g/mol. The van der Waals surface area contributed by atoms with E-state index in [-0.39, 0.29) is 0 Å². The molecule has 3 aromatic rings. The summed E-state index contributed by atoms with van der Waals surface area (Å²) in [4.78, 5) is 0. The maximum Gasteiger partial charge on any atom is 0.138 e. The van der Waals surface area contributed by atoms with Gasteiger partial charge in [-0.1, -0.05) is 24.3 Å². The van der Waals surface area contributed by atoms with E-state index in [1.165, 1.54) is 0 Å². The normalized spacial score (nSPS) is 10.7. The van der Waals surface area contributed by atoms with Crippen molar-refractivity contribution in [2.24, 2.45) is 0 Å². The topological polar surface area (TPSA) is 36.9 Å². The van der Waals surface area contributed by atoms with Gasteiger partial charge in [0.1, 0.15) is 23.0 Å². The highest BCUT2D eigenvalue weighted by Crippen LogP contribution is 2.48. The first-order valence-corrected chi connectivity index (χ1v) is 6.94. The second-order valence-corrected chi connectivity index (χ2v) is 4.83. The van der Waals surface area contributed by atoms with Crippen LogP contribution in [0, 0.1) is 0 Å². The second kappa shape index (κ2) is 5.64. The zero-order valence-electron chi connectivity index (χ0n) is 13.1. The first-order chi connectivity index (χ1) is 10.8. The van der Waals surface area contributed by atoms with Crippen LogP contribution in [0.15, 0.2) is 36.4 Å². The summed E-state index contributed by atoms with van der Waals surface area (Å²) in [5.41, 5.74) is 0. The largest absolute Gasteiger partial charge is 0.496 e. The molecule has 0 N–H and O–H groups in total. The van der Waals surface area contributed by atoms with E-state index in [1.807, 2.05) is 36.4 Å². The minimum absolute atomic E-state index is 0.748. The molecule has 0 radical (unpaired) electrons. The maximum absolute atomic E-state index is 5.69. The summed E-state index contributed by atoms with van der Waals surface area (Å²) in [5.74, 6) is 3.00. The quantitative estimate of drug-likeness (QED) is 0.682. The molecule has 4 nitrogen and oxygen atoms in total. The Morgan fingerprint density at radius 2 is 0.955 bits per heavy atom. The molecule has 3 aromatic carbocycles. The van der Waals surface area contributed by atoms with E-state index >= 15 is 0 Å². The lowest BCUT2D eigenvalue weighted by molar-refractivity contribution is 0.400. The molecule has 0 heterocycles. The fourth-order valence-electron chi connectivity index (χ4n) is 2.94. The molecule has 4 heteroatoms. The molecule has 0 atom stereocenters. The van der Waals surface area contributed by atoms with Crippen LogP contribution in [-0.4, -0.2) is 28.4 Å². The Kier molecular flexibility index (Phi) is 3.67. The molecular formula is C18H18O4. The highest BCUT2D eigenvalue weighted by atomic mass is 16.5. The second-order valence-electron chi connectivity index (χ2n) is 4.83. The van der Waals surface area contributed by atoms with Crippen molar-refractivity contribution < 1.29 is 18.9 Å². The zero-order chi connectivity index (χ0) is 15.7. The maximum atomic E-state index is 5.69. The van der Waals surface area contributed by atoms with Gasteiger partial charge in [0.05, 0.1) is 39.2 Å². The summed E-state index contributed by atoms with van der Waals surface area (Å²) in [7, 11) is 6.62. The van der Waals surface area contributed by atoms with Gasteiger partial charge >= 0.3 is 0 Å². The van der Waals surface area contributed by atoms with Crippen LogP contribution in [-0.2, 0) is 0 Å². The molecule has 0 spiro atoms. The number of hydrogen-bond acceptors (Lipinski definition) is 4. The van der Waals surface area contributed by atoms with E-state index in [0.29, 0.717) is 0 Å². The molecule has 0 aliphatic heterocycles. The third-order valence-corrected chi connectivity index (χ3v) is 3.84. The molecule has 0 fully saturated rings. The molecular weight excluding hydrogens is 280 g/mol. The van der Waals surface area contributed by atoms with Crippen molar-refractivity contribution in [3.8, 4) is 23.0 Å². The van der Waals surface area contributed by atoms with Crippen LogP contribution in [0.5, 0.6) is 23.0 Å². The summed E-state index contributed by atoms with van der Waals surface area (Å²) in [6.07, 6.45) is 0. The van der Waals surface area contributed by atoms with Crippen LogP contribution >= 0.6 is 0 Å². The van der Waals surface area contributed by atoms with Crippen LogP contribution in [0.25, 0.3) is 21.5 Å². The smallest absolute Gasteiger partial charge is 0.138 e. The van der Waals surface area contributed by atoms with Gasteiger partial charge in [-0.2, -0.15) is 0 Å². The van der Waals surface area contributed by atoms with Crippen molar-refractivity contribution in [1.82, 2.24) is 0 Å². The predicted molar refractivity (Wildman–Crippen MR) is 87.7 cm³/mol. The van der Waals surface area contributed by atoms with Crippen LogP contribution in [0.3, 0.4) is 0 Å². The molecule has 22 heavy (non-hydrogen) atoms. The summed E-state index contributed by atoms with van der Waals surface area (Å²) in [6, 6.07) is 11.7. The number of benzene rings is 3. The SMILES string of the molecule is COc1cccc2c(OC)c3c(OC)cccc3c(OC)c12. The molecule has 0 amide bonds. The van der Waals surface area contributed by atoms with Gasteiger partial charge in [-0.05, 0) is 12.1 Å². The lowest BCUT2D eigenvalue weighted by Gasteiger charge is -2.18. The van der Waals surface area contributed by atoms with Gasteiger partial charge in [0.15, 0.2) is 0 Å². The number of rotatable bonds is 4. The van der Waals surface area contributed by atoms with E-state index in [1.54, 1.807) is 28.4 Å². The summed E-state index contributed by atoms with van der Waals surface area (Å²) in [6.45, 7) is 0. The summed E-state index contributed by atoms with van der Waals surface area (Å²) >= 11 is 0. The van der Waals surface area contributed by atoms with Crippen molar-refractivity contribution in [2.75, 3.05) is 28.4 Å². The van der Waals surface area contributed by atoms with Gasteiger partial charge in [-0.15, -0.1) is 0 Å². The fourth-order valence-corrected chi connectivity index (χ4v) is 2.94. The molecule has 0 saturated heterocycles. The highest BCUT2D eigenvalue weighted by molar-refractivity contribution is 6.14. The third-order valence-electron chi connectivity index (χ3n) is 3.84. The van der Waals surface area contributed by atoms with Gasteiger partial charge in [-0.25, -0.2) is 0 Å². The fraction of sp³-hybridized carbons (Fsp3) is 0.222. The van der Waals surface area contributed by atoms with E-state index < -0.39 is 0 Å². The molecule has 3 rings (SSSR count). The van der Waals surface area contributed by atoms with E-state index in [0.717, 1.165) is 44.5 Å². The Labute approximate surface area is 129 Å². The van der Waals surface area contributed by atoms with Gasteiger partial charge in [0.25, 0.3) is 0 Å². The molecule has 0 bridgehead atoms. The molecule has 0 saturated carbocycles. The molecule has 0 aromatic heterocycles. The number of ether oxygens (including phenoxy) is 4. The third kappa shape index (κ3) is 1.91. The van der Waals surface area contributed by atoms with Gasteiger partial charge < -0.3 is 18.9 Å². The lowest BCUT2D eigenvalue weighted by atomic mass is 9.99. The van der Waals surface area contributed by atoms with Crippen molar-refractivity contribution in [3.63, 3.8) is 0 Å². The Morgan fingerprint density at radius 3 is 1.27 bits per heavy atom. The van der Waals surface area contributed by atoms with Crippen molar-refractivity contribution in [2.45, 2.75) is 0 Å². The number of hydrogen-bond donors (Lipinski definition) is 0. The van der Waals surface area contributed by atoms with Crippen molar-refractivity contribution in [1.29, 1.82) is 0 Å². The number of fused-ring (bicyclic) bond motifs is 2. The summed E-state index contributed by atoms with van der Waals surface area (Å²) in [5, 5.41) is 3.64. The molecule has 0 aliphatic carbocycles. The van der Waals surface area contributed by atoms with E-state index in [4.69, 9.17) is 18.9 Å². The first-order valence-electron chi connectivity index (χ1n) is 6.94. The Hall–Kier alpha value is -2.62. The highest BCUT2D eigenvalue weighted by Gasteiger charge is 2.20. The Morgan fingerprint density at radius 1 is 0.545 bits per heavy atom. The van der Waals surface area contributed by atoms with Crippen LogP contribution < -0.4 is 18.9 Å². The zero-order valence-corrected chi connectivity index (χ0v) is 13.1. The van der Waals surface area contributed by atoms with Gasteiger partial charge in [0, 0.05) is 10.8 Å². The average Bonchev–Trinajstić information content (AvgIpc) is 2.58. The van der Waals surface area contributed by atoms with Gasteiger partial charge in [-0.3, -0.25) is 0 Å². The van der Waals surface area contributed by atoms with Crippen LogP contribution in [0.4, 0.5) is 0 Å². The van der Waals surface area contributed by atoms with E-state index in [2.05, 4.69) is 0 Å². The van der Waals surface area contributed by atoms with Crippen molar-refractivity contribution in [3.05, 3.63) is 36.4 Å². The Bertz CT molecular complexity index is 768. The van der Waals surface area contributed by atoms with Crippen molar-refractivity contribution >= 4 is 21.5 Å². The average molecular weight is 298 g/mol.